The Kier molecular flexibility index (Phi) is 5.74. The van der Waals surface area contributed by atoms with E-state index >= 15 is 0 Å². The van der Waals surface area contributed by atoms with E-state index in [2.05, 4.69) is 10.6 Å². The maximum Gasteiger partial charge on any atom is 0.285 e. The van der Waals surface area contributed by atoms with Crippen molar-refractivity contribution < 1.29 is 14.5 Å². The lowest BCUT2D eigenvalue weighted by Gasteiger charge is -2.21. The highest BCUT2D eigenvalue weighted by Crippen LogP contribution is 2.16. The maximum absolute atomic E-state index is 12.4. The topological polar surface area (TPSA) is 123 Å². The molecule has 1 heterocycles. The van der Waals surface area contributed by atoms with Gasteiger partial charge < -0.3 is 10.6 Å². The molecule has 0 fully saturated rings. The minimum atomic E-state index is -0.653. The van der Waals surface area contributed by atoms with Gasteiger partial charge in [0, 0.05) is 17.7 Å². The number of hydrogen-bond donors (Lipinski definition) is 2. The van der Waals surface area contributed by atoms with Gasteiger partial charge in [-0.3, -0.25) is 29.1 Å². The van der Waals surface area contributed by atoms with E-state index in [-0.39, 0.29) is 22.8 Å². The summed E-state index contributed by atoms with van der Waals surface area (Å²) < 4.78 is 0.936. The molecule has 0 unspecified atom stereocenters. The Balaban J connectivity index is 2.20. The van der Waals surface area contributed by atoms with E-state index in [0.717, 1.165) is 22.9 Å². The van der Waals surface area contributed by atoms with E-state index < -0.39 is 28.5 Å². The van der Waals surface area contributed by atoms with Gasteiger partial charge in [0.2, 0.25) is 5.91 Å². The van der Waals surface area contributed by atoms with Crippen LogP contribution in [-0.2, 0) is 11.3 Å². The Bertz CT molecular complexity index is 943. The van der Waals surface area contributed by atoms with Crippen molar-refractivity contribution in [1.29, 1.82) is 0 Å². The van der Waals surface area contributed by atoms with Crippen molar-refractivity contribution in [3.63, 3.8) is 0 Å². The molecule has 9 nitrogen and oxygen atoms in total. The fourth-order valence-electron chi connectivity index (χ4n) is 2.29. The lowest BCUT2D eigenvalue weighted by molar-refractivity contribution is -0.385. The van der Waals surface area contributed by atoms with Crippen LogP contribution < -0.4 is 16.2 Å². The number of nitrogens with one attached hydrogen (secondary N) is 2. The summed E-state index contributed by atoms with van der Waals surface area (Å²) in [5.74, 6) is -0.945. The van der Waals surface area contributed by atoms with Gasteiger partial charge in [0.05, 0.1) is 22.4 Å². The number of nitrogens with zero attached hydrogens (tertiary/aromatic N) is 2. The molecule has 0 radical (unpaired) electrons. The van der Waals surface area contributed by atoms with Gasteiger partial charge in [0.15, 0.2) is 0 Å². The fraction of sp³-hybridized carbons (Fsp3) is 0.278. The van der Waals surface area contributed by atoms with E-state index in [0.29, 0.717) is 0 Å². The minimum absolute atomic E-state index is 0.271. The summed E-state index contributed by atoms with van der Waals surface area (Å²) in [7, 11) is 0. The number of nitro groups is 1. The number of para-hydroxylation sites is 1. The standard InChI is InChI=1S/C18H20N4O5/c1-18(2,3)20-17(25)13-6-4-5-7-14(13)19-15(23)11-21-10-12(22(26)27)8-9-16(21)24/h4-10H,11H2,1-3H3,(H,19,23)(H,20,25). The van der Waals surface area contributed by atoms with E-state index in [1.807, 2.05) is 20.8 Å². The van der Waals surface area contributed by atoms with Crippen LogP contribution in [0.15, 0.2) is 47.4 Å². The zero-order valence-corrected chi connectivity index (χ0v) is 15.2. The number of pyridine rings is 1. The van der Waals surface area contributed by atoms with Crippen molar-refractivity contribution in [2.45, 2.75) is 32.9 Å². The second kappa shape index (κ2) is 7.81. The molecule has 2 amide bonds. The van der Waals surface area contributed by atoms with Gasteiger partial charge in [-0.1, -0.05) is 12.1 Å². The summed E-state index contributed by atoms with van der Waals surface area (Å²) in [6, 6.07) is 8.54. The molecule has 0 saturated carbocycles. The molecular formula is C18H20N4O5. The van der Waals surface area contributed by atoms with Crippen LogP contribution in [0.25, 0.3) is 0 Å². The van der Waals surface area contributed by atoms with Crippen molar-refractivity contribution in [1.82, 2.24) is 9.88 Å². The number of carbonyl (C=O) groups is 2. The van der Waals surface area contributed by atoms with Crippen LogP contribution in [0.2, 0.25) is 0 Å². The molecule has 2 N–H and O–H groups in total. The minimum Gasteiger partial charge on any atom is -0.347 e. The smallest absolute Gasteiger partial charge is 0.285 e. The Hall–Kier alpha value is -3.49. The van der Waals surface area contributed by atoms with Crippen molar-refractivity contribution in [3.05, 3.63) is 68.6 Å². The molecule has 27 heavy (non-hydrogen) atoms. The first-order valence-electron chi connectivity index (χ1n) is 8.13. The van der Waals surface area contributed by atoms with Crippen LogP contribution in [0.3, 0.4) is 0 Å². The average Bonchev–Trinajstić information content (AvgIpc) is 2.55. The predicted molar refractivity (Wildman–Crippen MR) is 99.6 cm³/mol. The molecular weight excluding hydrogens is 352 g/mol. The van der Waals surface area contributed by atoms with E-state index in [1.165, 1.54) is 0 Å². The van der Waals surface area contributed by atoms with Crippen molar-refractivity contribution in [2.75, 3.05) is 5.32 Å². The normalized spacial score (nSPS) is 10.9. The third-order valence-electron chi connectivity index (χ3n) is 3.43. The van der Waals surface area contributed by atoms with Crippen LogP contribution in [0.4, 0.5) is 11.4 Å². The number of carbonyl (C=O) groups excluding carboxylic acids is 2. The molecule has 0 bridgehead atoms. The summed E-state index contributed by atoms with van der Waals surface area (Å²) in [6.07, 6.45) is 1.00. The quantitative estimate of drug-likeness (QED) is 0.613. The second-order valence-corrected chi connectivity index (χ2v) is 6.91. The molecule has 2 aromatic rings. The molecule has 0 spiro atoms. The monoisotopic (exact) mass is 372 g/mol. The third-order valence-corrected chi connectivity index (χ3v) is 3.43. The predicted octanol–water partition coefficient (Wildman–Crippen LogP) is 1.92. The summed E-state index contributed by atoms with van der Waals surface area (Å²) in [4.78, 5) is 46.7. The summed E-state index contributed by atoms with van der Waals surface area (Å²) in [5.41, 5.74) is -0.749. The van der Waals surface area contributed by atoms with Gasteiger partial charge in [0.1, 0.15) is 6.54 Å². The number of amides is 2. The number of hydrogen-bond acceptors (Lipinski definition) is 5. The highest BCUT2D eigenvalue weighted by molar-refractivity contribution is 6.03. The highest BCUT2D eigenvalue weighted by Gasteiger charge is 2.19. The summed E-state index contributed by atoms with van der Waals surface area (Å²) >= 11 is 0. The van der Waals surface area contributed by atoms with E-state index in [1.54, 1.807) is 24.3 Å². The van der Waals surface area contributed by atoms with Crippen molar-refractivity contribution >= 4 is 23.2 Å². The van der Waals surface area contributed by atoms with Crippen LogP contribution in [0, 0.1) is 10.1 Å². The number of aromatic nitrogens is 1. The van der Waals surface area contributed by atoms with E-state index in [9.17, 15) is 24.5 Å². The summed E-state index contributed by atoms with van der Waals surface area (Å²) in [5, 5.41) is 16.2. The Labute approximate surface area is 155 Å². The van der Waals surface area contributed by atoms with Gasteiger partial charge in [-0.2, -0.15) is 0 Å². The molecule has 0 saturated heterocycles. The fourth-order valence-corrected chi connectivity index (χ4v) is 2.29. The van der Waals surface area contributed by atoms with Gasteiger partial charge >= 0.3 is 0 Å². The zero-order chi connectivity index (χ0) is 20.2. The third kappa shape index (κ3) is 5.50. The number of anilines is 1. The van der Waals surface area contributed by atoms with Gasteiger partial charge in [0.25, 0.3) is 17.2 Å². The molecule has 2 rings (SSSR count). The lowest BCUT2D eigenvalue weighted by Crippen LogP contribution is -2.41. The first-order valence-corrected chi connectivity index (χ1v) is 8.13. The molecule has 0 aliphatic carbocycles. The number of benzene rings is 1. The molecule has 9 heteroatoms. The van der Waals surface area contributed by atoms with Gasteiger partial charge in [-0.05, 0) is 32.9 Å². The highest BCUT2D eigenvalue weighted by atomic mass is 16.6. The molecule has 1 aromatic carbocycles. The van der Waals surface area contributed by atoms with Crippen molar-refractivity contribution in [3.8, 4) is 0 Å². The first-order chi connectivity index (χ1) is 12.6. The summed E-state index contributed by atoms with van der Waals surface area (Å²) in [6.45, 7) is 5.08. The Morgan fingerprint density at radius 2 is 1.81 bits per heavy atom. The van der Waals surface area contributed by atoms with Gasteiger partial charge in [-0.25, -0.2) is 0 Å². The van der Waals surface area contributed by atoms with Gasteiger partial charge in [-0.15, -0.1) is 0 Å². The molecule has 0 aliphatic heterocycles. The lowest BCUT2D eigenvalue weighted by atomic mass is 10.1. The zero-order valence-electron chi connectivity index (χ0n) is 15.2. The molecule has 0 atom stereocenters. The molecule has 142 valence electrons. The largest absolute Gasteiger partial charge is 0.347 e. The van der Waals surface area contributed by atoms with Crippen LogP contribution in [-0.4, -0.2) is 26.8 Å². The van der Waals surface area contributed by atoms with E-state index in [4.69, 9.17) is 0 Å². The van der Waals surface area contributed by atoms with Crippen LogP contribution in [0.1, 0.15) is 31.1 Å². The first kappa shape index (κ1) is 19.8. The van der Waals surface area contributed by atoms with Crippen LogP contribution in [0.5, 0.6) is 0 Å². The molecule has 0 aliphatic rings. The Morgan fingerprint density at radius 1 is 1.15 bits per heavy atom. The van der Waals surface area contributed by atoms with Crippen LogP contribution >= 0.6 is 0 Å². The second-order valence-electron chi connectivity index (χ2n) is 6.91. The number of rotatable bonds is 5. The Morgan fingerprint density at radius 3 is 2.44 bits per heavy atom. The molecule has 1 aromatic heterocycles. The SMILES string of the molecule is CC(C)(C)NC(=O)c1ccccc1NC(=O)Cn1cc([N+](=O)[O-])ccc1=O. The average molecular weight is 372 g/mol. The maximum atomic E-state index is 12.4. The van der Waals surface area contributed by atoms with Crippen molar-refractivity contribution in [2.24, 2.45) is 0 Å².